The van der Waals surface area contributed by atoms with E-state index >= 15 is 0 Å². The highest BCUT2D eigenvalue weighted by Crippen LogP contribution is 2.26. The summed E-state index contributed by atoms with van der Waals surface area (Å²) in [4.78, 5) is 21.3. The lowest BCUT2D eigenvalue weighted by atomic mass is 10.2. The number of non-ortho nitro benzene ring substituents is 1. The second-order valence-corrected chi connectivity index (χ2v) is 4.18. The van der Waals surface area contributed by atoms with Gasteiger partial charge in [0.05, 0.1) is 24.0 Å². The molecule has 0 fully saturated rings. The molecule has 0 radical (unpaired) electrons. The van der Waals surface area contributed by atoms with Crippen molar-refractivity contribution in [1.82, 2.24) is 9.78 Å². The molecule has 2 rings (SSSR count). The molecule has 8 nitrogen and oxygen atoms in total. The molecular weight excluding hydrogens is 264 g/mol. The van der Waals surface area contributed by atoms with Crippen LogP contribution in [0.4, 0.5) is 11.5 Å². The molecule has 106 valence electrons. The van der Waals surface area contributed by atoms with Crippen LogP contribution in [0.15, 0.2) is 18.2 Å². The summed E-state index contributed by atoms with van der Waals surface area (Å²) in [7, 11) is 3.04. The van der Waals surface area contributed by atoms with E-state index in [9.17, 15) is 14.9 Å². The number of nitro groups is 1. The number of nitro benzene ring substituents is 1. The van der Waals surface area contributed by atoms with Crippen molar-refractivity contribution in [3.05, 3.63) is 28.3 Å². The Morgan fingerprint density at radius 2 is 2.30 bits per heavy atom. The van der Waals surface area contributed by atoms with Gasteiger partial charge in [-0.2, -0.15) is 5.10 Å². The highest BCUT2D eigenvalue weighted by molar-refractivity contribution is 5.91. The minimum absolute atomic E-state index is 0.0154. The fourth-order valence-corrected chi connectivity index (χ4v) is 1.87. The molecule has 1 heterocycles. The van der Waals surface area contributed by atoms with Crippen LogP contribution in [0.2, 0.25) is 0 Å². The fourth-order valence-electron chi connectivity index (χ4n) is 1.87. The van der Waals surface area contributed by atoms with E-state index in [1.807, 2.05) is 0 Å². The number of methoxy groups -OCH3 is 1. The Balaban J connectivity index is 2.23. The monoisotopic (exact) mass is 278 g/mol. The topological polar surface area (TPSA) is 99.3 Å². The van der Waals surface area contributed by atoms with Crippen molar-refractivity contribution in [2.24, 2.45) is 7.05 Å². The van der Waals surface area contributed by atoms with E-state index in [0.717, 1.165) is 5.39 Å². The zero-order valence-corrected chi connectivity index (χ0v) is 11.1. The Morgan fingerprint density at radius 3 is 2.95 bits per heavy atom. The van der Waals surface area contributed by atoms with Gasteiger partial charge in [0.25, 0.3) is 5.69 Å². The summed E-state index contributed by atoms with van der Waals surface area (Å²) in [5, 5.41) is 18.8. The van der Waals surface area contributed by atoms with Gasteiger partial charge in [-0.1, -0.05) is 0 Å². The van der Waals surface area contributed by atoms with Crippen LogP contribution in [0.5, 0.6) is 0 Å². The number of aryl methyl sites for hydroxylation is 1. The summed E-state index contributed by atoms with van der Waals surface area (Å²) in [6.07, 6.45) is 0.224. The Labute approximate surface area is 114 Å². The van der Waals surface area contributed by atoms with Gasteiger partial charge in [0.2, 0.25) is 0 Å². The Hall–Kier alpha value is -2.64. The first-order chi connectivity index (χ1) is 9.52. The van der Waals surface area contributed by atoms with Crippen LogP contribution in [0.3, 0.4) is 0 Å². The minimum Gasteiger partial charge on any atom is -0.469 e. The number of carbonyl (C=O) groups excluding carboxylic acids is 1. The molecule has 0 aliphatic carbocycles. The van der Waals surface area contributed by atoms with E-state index in [1.165, 1.54) is 19.2 Å². The summed E-state index contributed by atoms with van der Waals surface area (Å²) < 4.78 is 6.10. The number of fused-ring (bicyclic) bond motifs is 1. The zero-order valence-electron chi connectivity index (χ0n) is 11.1. The number of nitrogens with zero attached hydrogens (tertiary/aromatic N) is 3. The largest absolute Gasteiger partial charge is 0.469 e. The molecule has 1 N–H and O–H groups in total. The number of anilines is 1. The number of aromatic nitrogens is 2. The number of carbonyl (C=O) groups is 1. The molecule has 20 heavy (non-hydrogen) atoms. The van der Waals surface area contributed by atoms with Crippen LogP contribution in [0.1, 0.15) is 6.42 Å². The molecule has 0 atom stereocenters. The van der Waals surface area contributed by atoms with E-state index in [-0.39, 0.29) is 18.1 Å². The summed E-state index contributed by atoms with van der Waals surface area (Å²) in [5.41, 5.74) is 0.668. The van der Waals surface area contributed by atoms with Crippen molar-refractivity contribution >= 4 is 28.4 Å². The highest BCUT2D eigenvalue weighted by Gasteiger charge is 2.13. The van der Waals surface area contributed by atoms with E-state index in [2.05, 4.69) is 15.2 Å². The van der Waals surface area contributed by atoms with Crippen molar-refractivity contribution in [2.45, 2.75) is 6.42 Å². The van der Waals surface area contributed by atoms with Crippen molar-refractivity contribution in [3.8, 4) is 0 Å². The van der Waals surface area contributed by atoms with E-state index in [0.29, 0.717) is 17.9 Å². The van der Waals surface area contributed by atoms with E-state index in [4.69, 9.17) is 0 Å². The third-order valence-corrected chi connectivity index (χ3v) is 2.90. The summed E-state index contributed by atoms with van der Waals surface area (Å²) in [6.45, 7) is 0.385. The van der Waals surface area contributed by atoms with Crippen LogP contribution in [-0.4, -0.2) is 34.3 Å². The van der Waals surface area contributed by atoms with Gasteiger partial charge in [0, 0.05) is 31.1 Å². The Bertz CT molecular complexity index is 665. The lowest BCUT2D eigenvalue weighted by Gasteiger charge is -2.02. The molecule has 0 unspecified atom stereocenters. The predicted octanol–water partition coefficient (Wildman–Crippen LogP) is 1.46. The van der Waals surface area contributed by atoms with Crippen LogP contribution >= 0.6 is 0 Å². The zero-order chi connectivity index (χ0) is 14.7. The summed E-state index contributed by atoms with van der Waals surface area (Å²) in [6, 6.07) is 4.53. The van der Waals surface area contributed by atoms with Gasteiger partial charge in [-0.3, -0.25) is 19.6 Å². The van der Waals surface area contributed by atoms with Gasteiger partial charge in [-0.05, 0) is 6.07 Å². The number of rotatable bonds is 5. The molecule has 0 amide bonds. The van der Waals surface area contributed by atoms with Gasteiger partial charge < -0.3 is 10.1 Å². The first-order valence-electron chi connectivity index (χ1n) is 5.94. The summed E-state index contributed by atoms with van der Waals surface area (Å²) in [5.74, 6) is 0.273. The molecule has 0 aliphatic heterocycles. The lowest BCUT2D eigenvalue weighted by Crippen LogP contribution is -2.10. The maximum absolute atomic E-state index is 11.0. The maximum Gasteiger partial charge on any atom is 0.307 e. The average Bonchev–Trinajstić information content (AvgIpc) is 2.75. The van der Waals surface area contributed by atoms with Gasteiger partial charge in [0.15, 0.2) is 5.82 Å². The quantitative estimate of drug-likeness (QED) is 0.505. The van der Waals surface area contributed by atoms with Gasteiger partial charge in [-0.25, -0.2) is 0 Å². The first-order valence-corrected chi connectivity index (χ1v) is 5.94. The van der Waals surface area contributed by atoms with Gasteiger partial charge in [0.1, 0.15) is 0 Å². The number of benzene rings is 1. The minimum atomic E-state index is -0.448. The molecule has 0 saturated carbocycles. The summed E-state index contributed by atoms with van der Waals surface area (Å²) >= 11 is 0. The van der Waals surface area contributed by atoms with Crippen LogP contribution in [-0.2, 0) is 16.6 Å². The molecule has 2 aromatic rings. The van der Waals surface area contributed by atoms with Crippen LogP contribution in [0, 0.1) is 10.1 Å². The molecule has 0 aliphatic rings. The van der Waals surface area contributed by atoms with Gasteiger partial charge in [-0.15, -0.1) is 0 Å². The molecule has 0 bridgehead atoms. The van der Waals surface area contributed by atoms with Crippen molar-refractivity contribution in [3.63, 3.8) is 0 Å². The van der Waals surface area contributed by atoms with Gasteiger partial charge >= 0.3 is 5.97 Å². The molecule has 1 aromatic carbocycles. The third-order valence-electron chi connectivity index (χ3n) is 2.90. The van der Waals surface area contributed by atoms with Crippen molar-refractivity contribution in [1.29, 1.82) is 0 Å². The second-order valence-electron chi connectivity index (χ2n) is 4.18. The molecule has 1 aromatic heterocycles. The molecule has 8 heteroatoms. The third kappa shape index (κ3) is 2.68. The molecular formula is C12H14N4O4. The number of hydrogen-bond donors (Lipinski definition) is 1. The predicted molar refractivity (Wildman–Crippen MR) is 72.5 cm³/mol. The van der Waals surface area contributed by atoms with Crippen LogP contribution < -0.4 is 5.32 Å². The van der Waals surface area contributed by atoms with Crippen LogP contribution in [0.25, 0.3) is 10.9 Å². The number of nitrogens with one attached hydrogen (secondary N) is 1. The fraction of sp³-hybridized carbons (Fsp3) is 0.333. The number of ether oxygens (including phenoxy) is 1. The normalized spacial score (nSPS) is 10.5. The molecule has 0 saturated heterocycles. The average molecular weight is 278 g/mol. The first kappa shape index (κ1) is 13.8. The highest BCUT2D eigenvalue weighted by atomic mass is 16.6. The smallest absolute Gasteiger partial charge is 0.307 e. The second kappa shape index (κ2) is 5.55. The Kier molecular flexibility index (Phi) is 3.83. The van der Waals surface area contributed by atoms with Crippen molar-refractivity contribution < 1.29 is 14.5 Å². The SMILES string of the molecule is COC(=O)CCNc1nn(C)c2cc([N+](=O)[O-])ccc12. The van der Waals surface area contributed by atoms with E-state index < -0.39 is 4.92 Å². The van der Waals surface area contributed by atoms with E-state index in [1.54, 1.807) is 17.8 Å². The lowest BCUT2D eigenvalue weighted by molar-refractivity contribution is -0.384. The Morgan fingerprint density at radius 1 is 1.55 bits per heavy atom. The number of esters is 1. The number of hydrogen-bond acceptors (Lipinski definition) is 6. The molecule has 0 spiro atoms. The standard InChI is InChI=1S/C12H14N4O4/c1-15-10-7-8(16(18)19)3-4-9(10)12(14-15)13-6-5-11(17)20-2/h3-4,7H,5-6H2,1-2H3,(H,13,14). The maximum atomic E-state index is 11.0. The van der Waals surface area contributed by atoms with Crippen molar-refractivity contribution in [2.75, 3.05) is 19.0 Å².